The van der Waals surface area contributed by atoms with Crippen LogP contribution in [0.4, 0.5) is 11.4 Å². The van der Waals surface area contributed by atoms with Crippen molar-refractivity contribution in [1.82, 2.24) is 0 Å². The normalized spacial score (nSPS) is 10.8. The molecular formula is C22H28N2O4. The van der Waals surface area contributed by atoms with Gasteiger partial charge >= 0.3 is 0 Å². The third-order valence-corrected chi connectivity index (χ3v) is 4.41. The van der Waals surface area contributed by atoms with Crippen molar-refractivity contribution < 1.29 is 19.0 Å². The first kappa shape index (κ1) is 21.2. The van der Waals surface area contributed by atoms with Crippen LogP contribution >= 0.6 is 0 Å². The second-order valence-corrected chi connectivity index (χ2v) is 6.54. The predicted octanol–water partition coefficient (Wildman–Crippen LogP) is 4.21. The Morgan fingerprint density at radius 1 is 1.04 bits per heavy atom. The molecule has 0 aromatic heterocycles. The molecule has 6 nitrogen and oxygen atoms in total. The van der Waals surface area contributed by atoms with Crippen LogP contribution in [0.25, 0.3) is 6.08 Å². The third-order valence-electron chi connectivity index (χ3n) is 4.41. The van der Waals surface area contributed by atoms with Gasteiger partial charge in [0.1, 0.15) is 0 Å². The molecule has 0 radical (unpaired) electrons. The van der Waals surface area contributed by atoms with Crippen LogP contribution in [0, 0.1) is 0 Å². The molecule has 6 heteroatoms. The number of carbonyl (C=O) groups is 1. The van der Waals surface area contributed by atoms with E-state index >= 15 is 0 Å². The van der Waals surface area contributed by atoms with Gasteiger partial charge in [-0.05, 0) is 55.8 Å². The van der Waals surface area contributed by atoms with Crippen molar-refractivity contribution in [2.45, 2.75) is 19.9 Å². The molecule has 0 saturated carbocycles. The number of hydrogen-bond acceptors (Lipinski definition) is 5. The minimum Gasteiger partial charge on any atom is -0.493 e. The Kier molecular flexibility index (Phi) is 7.32. The van der Waals surface area contributed by atoms with Crippen LogP contribution in [0.2, 0.25) is 0 Å². The van der Waals surface area contributed by atoms with E-state index in [1.54, 1.807) is 39.5 Å². The van der Waals surface area contributed by atoms with E-state index in [1.807, 2.05) is 31.3 Å². The second-order valence-electron chi connectivity index (χ2n) is 6.54. The Balaban J connectivity index is 2.15. The number of nitrogens with zero attached hydrogens (tertiary/aromatic N) is 1. The molecule has 0 heterocycles. The lowest BCUT2D eigenvalue weighted by Crippen LogP contribution is -2.25. The van der Waals surface area contributed by atoms with Gasteiger partial charge < -0.3 is 24.4 Å². The molecule has 0 bridgehead atoms. The zero-order valence-electron chi connectivity index (χ0n) is 17.3. The molecule has 0 aliphatic carbocycles. The minimum atomic E-state index is -0.224. The molecule has 0 aliphatic heterocycles. The first-order chi connectivity index (χ1) is 13.4. The lowest BCUT2D eigenvalue weighted by molar-refractivity contribution is -0.111. The molecule has 0 saturated heterocycles. The molecule has 150 valence electrons. The van der Waals surface area contributed by atoms with Crippen LogP contribution in [-0.4, -0.2) is 40.3 Å². The average molecular weight is 384 g/mol. The summed E-state index contributed by atoms with van der Waals surface area (Å²) in [6.07, 6.45) is 3.17. The highest BCUT2D eigenvalue weighted by Crippen LogP contribution is 2.38. The zero-order chi connectivity index (χ0) is 20.7. The van der Waals surface area contributed by atoms with Gasteiger partial charge in [-0.3, -0.25) is 4.79 Å². The molecule has 0 unspecified atom stereocenters. The fourth-order valence-corrected chi connectivity index (χ4v) is 2.65. The van der Waals surface area contributed by atoms with Crippen LogP contribution in [0.15, 0.2) is 42.5 Å². The Hall–Kier alpha value is -3.15. The van der Waals surface area contributed by atoms with E-state index in [-0.39, 0.29) is 5.91 Å². The standard InChI is InChI=1S/C22H28N2O4/c1-15(2)24(3)18-9-7-8-17(14-18)23-21(25)11-10-16-12-19(26-4)22(28-6)20(13-16)27-5/h7-15H,1-6H3,(H,23,25). The van der Waals surface area contributed by atoms with Crippen LogP contribution in [0.5, 0.6) is 17.2 Å². The monoisotopic (exact) mass is 384 g/mol. The van der Waals surface area contributed by atoms with E-state index in [0.29, 0.717) is 23.3 Å². The van der Waals surface area contributed by atoms with Gasteiger partial charge in [-0.2, -0.15) is 0 Å². The van der Waals surface area contributed by atoms with Gasteiger partial charge in [-0.25, -0.2) is 0 Å². The van der Waals surface area contributed by atoms with Crippen molar-refractivity contribution in [1.29, 1.82) is 0 Å². The predicted molar refractivity (Wildman–Crippen MR) is 114 cm³/mol. The van der Waals surface area contributed by atoms with Crippen LogP contribution < -0.4 is 24.4 Å². The fraction of sp³-hybridized carbons (Fsp3) is 0.318. The molecular weight excluding hydrogens is 356 g/mol. The summed E-state index contributed by atoms with van der Waals surface area (Å²) in [6.45, 7) is 4.23. The number of benzene rings is 2. The van der Waals surface area contributed by atoms with E-state index in [2.05, 4.69) is 24.1 Å². The topological polar surface area (TPSA) is 60.0 Å². The van der Waals surface area contributed by atoms with Crippen LogP contribution in [0.3, 0.4) is 0 Å². The second kappa shape index (κ2) is 9.69. The Morgan fingerprint density at radius 3 is 2.21 bits per heavy atom. The molecule has 0 aliphatic rings. The lowest BCUT2D eigenvalue weighted by atomic mass is 10.1. The first-order valence-electron chi connectivity index (χ1n) is 9.01. The number of amides is 1. The van der Waals surface area contributed by atoms with Crippen molar-refractivity contribution in [2.24, 2.45) is 0 Å². The summed E-state index contributed by atoms with van der Waals surface area (Å²) in [5, 5.41) is 2.89. The molecule has 2 rings (SSSR count). The summed E-state index contributed by atoms with van der Waals surface area (Å²) in [7, 11) is 6.68. The van der Waals surface area contributed by atoms with E-state index in [4.69, 9.17) is 14.2 Å². The molecule has 1 N–H and O–H groups in total. The summed E-state index contributed by atoms with van der Waals surface area (Å²) in [5.74, 6) is 1.36. The number of anilines is 2. The highest BCUT2D eigenvalue weighted by molar-refractivity contribution is 6.02. The van der Waals surface area contributed by atoms with E-state index in [0.717, 1.165) is 16.9 Å². The summed E-state index contributed by atoms with van der Waals surface area (Å²) < 4.78 is 16.0. The quantitative estimate of drug-likeness (QED) is 0.691. The molecule has 0 spiro atoms. The molecule has 1 amide bonds. The molecule has 28 heavy (non-hydrogen) atoms. The molecule has 0 fully saturated rings. The molecule has 2 aromatic carbocycles. The number of carbonyl (C=O) groups excluding carboxylic acids is 1. The van der Waals surface area contributed by atoms with Crippen molar-refractivity contribution in [3.63, 3.8) is 0 Å². The summed E-state index contributed by atoms with van der Waals surface area (Å²) in [4.78, 5) is 14.5. The van der Waals surface area contributed by atoms with Gasteiger partial charge in [0, 0.05) is 30.5 Å². The number of nitrogens with one attached hydrogen (secondary N) is 1. The number of hydrogen-bond donors (Lipinski definition) is 1. The smallest absolute Gasteiger partial charge is 0.248 e. The van der Waals surface area contributed by atoms with Crippen molar-refractivity contribution in [3.8, 4) is 17.2 Å². The van der Waals surface area contributed by atoms with Crippen LogP contribution in [0.1, 0.15) is 19.4 Å². The number of methoxy groups -OCH3 is 3. The van der Waals surface area contributed by atoms with E-state index in [9.17, 15) is 4.79 Å². The van der Waals surface area contributed by atoms with Crippen molar-refractivity contribution in [2.75, 3.05) is 38.6 Å². The zero-order valence-corrected chi connectivity index (χ0v) is 17.3. The van der Waals surface area contributed by atoms with E-state index < -0.39 is 0 Å². The van der Waals surface area contributed by atoms with Crippen LogP contribution in [-0.2, 0) is 4.79 Å². The minimum absolute atomic E-state index is 0.224. The number of ether oxygens (including phenoxy) is 3. The first-order valence-corrected chi connectivity index (χ1v) is 9.01. The largest absolute Gasteiger partial charge is 0.493 e. The third kappa shape index (κ3) is 5.19. The van der Waals surface area contributed by atoms with Gasteiger partial charge in [0.25, 0.3) is 0 Å². The highest BCUT2D eigenvalue weighted by Gasteiger charge is 2.12. The van der Waals surface area contributed by atoms with Gasteiger partial charge in [0.15, 0.2) is 11.5 Å². The SMILES string of the molecule is COc1cc(C=CC(=O)Nc2cccc(N(C)C(C)C)c2)cc(OC)c1OC. The highest BCUT2D eigenvalue weighted by atomic mass is 16.5. The maximum Gasteiger partial charge on any atom is 0.248 e. The summed E-state index contributed by atoms with van der Waals surface area (Å²) in [6, 6.07) is 11.7. The lowest BCUT2D eigenvalue weighted by Gasteiger charge is -2.24. The number of rotatable bonds is 8. The molecule has 2 aromatic rings. The molecule has 0 atom stereocenters. The summed E-state index contributed by atoms with van der Waals surface area (Å²) in [5.41, 5.74) is 2.55. The van der Waals surface area contributed by atoms with Gasteiger partial charge in [0.05, 0.1) is 21.3 Å². The summed E-state index contributed by atoms with van der Waals surface area (Å²) >= 11 is 0. The average Bonchev–Trinajstić information content (AvgIpc) is 2.70. The Labute approximate surface area is 166 Å². The van der Waals surface area contributed by atoms with Crippen molar-refractivity contribution in [3.05, 3.63) is 48.0 Å². The maximum absolute atomic E-state index is 12.3. The Morgan fingerprint density at radius 2 is 1.68 bits per heavy atom. The maximum atomic E-state index is 12.3. The van der Waals surface area contributed by atoms with Gasteiger partial charge in [-0.1, -0.05) is 6.07 Å². The fourth-order valence-electron chi connectivity index (χ4n) is 2.65. The van der Waals surface area contributed by atoms with Gasteiger partial charge in [-0.15, -0.1) is 0 Å². The Bertz CT molecular complexity index is 821. The van der Waals surface area contributed by atoms with Gasteiger partial charge in [0.2, 0.25) is 11.7 Å². The van der Waals surface area contributed by atoms with Crippen molar-refractivity contribution >= 4 is 23.4 Å². The van der Waals surface area contributed by atoms with E-state index in [1.165, 1.54) is 6.08 Å².